The Morgan fingerprint density at radius 2 is 1.84 bits per heavy atom. The average molecular weight is 341 g/mol. The van der Waals surface area contributed by atoms with Crippen molar-refractivity contribution in [1.82, 2.24) is 15.1 Å². The van der Waals surface area contributed by atoms with Gasteiger partial charge in [0, 0.05) is 37.3 Å². The molecular weight excluding hydrogens is 318 g/mol. The highest BCUT2D eigenvalue weighted by atomic mass is 16.3. The number of furan rings is 1. The highest BCUT2D eigenvalue weighted by molar-refractivity contribution is 5.99. The molecule has 0 saturated carbocycles. The largest absolute Gasteiger partial charge is 0.467 e. The number of amides is 2. The molecule has 1 saturated heterocycles. The first-order chi connectivity index (χ1) is 12.2. The summed E-state index contributed by atoms with van der Waals surface area (Å²) in [4.78, 5) is 29.1. The van der Waals surface area contributed by atoms with Crippen molar-refractivity contribution < 1.29 is 14.0 Å². The summed E-state index contributed by atoms with van der Waals surface area (Å²) in [7, 11) is 0. The molecule has 1 aliphatic heterocycles. The number of hydrogen-bond donors (Lipinski definition) is 1. The fourth-order valence-corrected chi connectivity index (χ4v) is 2.93. The van der Waals surface area contributed by atoms with Crippen LogP contribution in [0.1, 0.15) is 33.4 Å². The molecule has 2 aromatic rings. The Balaban J connectivity index is 1.62. The van der Waals surface area contributed by atoms with Gasteiger partial charge in [-0.2, -0.15) is 0 Å². The average Bonchev–Trinajstić information content (AvgIpc) is 3.19. The van der Waals surface area contributed by atoms with Gasteiger partial charge in [0.25, 0.3) is 11.8 Å². The van der Waals surface area contributed by atoms with Crippen LogP contribution in [-0.2, 0) is 6.54 Å². The number of benzene rings is 1. The number of nitrogens with one attached hydrogen (secondary N) is 1. The van der Waals surface area contributed by atoms with E-state index in [1.165, 1.54) is 0 Å². The summed E-state index contributed by atoms with van der Waals surface area (Å²) in [5.74, 6) is 0.452. The van der Waals surface area contributed by atoms with Crippen LogP contribution in [0.4, 0.5) is 0 Å². The van der Waals surface area contributed by atoms with Crippen molar-refractivity contribution in [2.75, 3.05) is 32.7 Å². The van der Waals surface area contributed by atoms with E-state index in [0.29, 0.717) is 23.4 Å². The Morgan fingerprint density at radius 1 is 1.08 bits per heavy atom. The molecule has 2 heterocycles. The predicted molar refractivity (Wildman–Crippen MR) is 94.3 cm³/mol. The lowest BCUT2D eigenvalue weighted by atomic mass is 10.1. The second-order valence-electron chi connectivity index (χ2n) is 6.07. The maximum atomic E-state index is 12.7. The zero-order valence-corrected chi connectivity index (χ0v) is 14.4. The van der Waals surface area contributed by atoms with Crippen molar-refractivity contribution in [2.45, 2.75) is 13.5 Å². The van der Waals surface area contributed by atoms with Gasteiger partial charge in [-0.3, -0.25) is 9.59 Å². The number of nitrogens with zero attached hydrogens (tertiary/aromatic N) is 2. The van der Waals surface area contributed by atoms with E-state index in [1.54, 1.807) is 42.7 Å². The zero-order chi connectivity index (χ0) is 17.6. The fraction of sp³-hybridized carbons (Fsp3) is 0.368. The maximum Gasteiger partial charge on any atom is 0.253 e. The van der Waals surface area contributed by atoms with Crippen LogP contribution in [0.2, 0.25) is 0 Å². The van der Waals surface area contributed by atoms with E-state index in [1.807, 2.05) is 4.90 Å². The van der Waals surface area contributed by atoms with Gasteiger partial charge in [-0.05, 0) is 36.9 Å². The van der Waals surface area contributed by atoms with Crippen LogP contribution in [0.3, 0.4) is 0 Å². The standard InChI is InChI=1S/C19H23N3O3/c1-2-21-8-10-22(11-9-21)19(24)16-6-3-5-15(13-16)18(23)20-14-17-7-4-12-25-17/h3-7,12-13H,2,8-11,14H2,1H3,(H,20,23). The van der Waals surface area contributed by atoms with E-state index in [2.05, 4.69) is 17.1 Å². The lowest BCUT2D eigenvalue weighted by molar-refractivity contribution is 0.0643. The van der Waals surface area contributed by atoms with Gasteiger partial charge in [0.05, 0.1) is 12.8 Å². The number of carbonyl (C=O) groups is 2. The third kappa shape index (κ3) is 4.28. The van der Waals surface area contributed by atoms with Crippen molar-refractivity contribution in [3.63, 3.8) is 0 Å². The van der Waals surface area contributed by atoms with E-state index < -0.39 is 0 Å². The normalized spacial score (nSPS) is 15.2. The lowest BCUT2D eigenvalue weighted by Gasteiger charge is -2.34. The SMILES string of the molecule is CCN1CCN(C(=O)c2cccc(C(=O)NCc3ccco3)c2)CC1. The number of likely N-dealkylation sites (N-methyl/N-ethyl adjacent to an activating group) is 1. The quantitative estimate of drug-likeness (QED) is 0.903. The Labute approximate surface area is 147 Å². The number of carbonyl (C=O) groups excluding carboxylic acids is 2. The lowest BCUT2D eigenvalue weighted by Crippen LogP contribution is -2.48. The van der Waals surface area contributed by atoms with Gasteiger partial charge in [-0.25, -0.2) is 0 Å². The molecule has 6 heteroatoms. The Kier molecular flexibility index (Phi) is 5.50. The second kappa shape index (κ2) is 7.98. The minimum absolute atomic E-state index is 0.0172. The van der Waals surface area contributed by atoms with Crippen LogP contribution >= 0.6 is 0 Å². The molecule has 3 rings (SSSR count). The van der Waals surface area contributed by atoms with E-state index in [4.69, 9.17) is 4.42 Å². The number of piperazine rings is 1. The fourth-order valence-electron chi connectivity index (χ4n) is 2.93. The van der Waals surface area contributed by atoms with E-state index in [9.17, 15) is 9.59 Å². The van der Waals surface area contributed by atoms with E-state index >= 15 is 0 Å². The summed E-state index contributed by atoms with van der Waals surface area (Å²) in [6.07, 6.45) is 1.57. The van der Waals surface area contributed by atoms with Crippen LogP contribution in [0.15, 0.2) is 47.1 Å². The first kappa shape index (κ1) is 17.2. The van der Waals surface area contributed by atoms with Gasteiger partial charge in [-0.1, -0.05) is 13.0 Å². The topological polar surface area (TPSA) is 65.8 Å². The number of hydrogen-bond acceptors (Lipinski definition) is 4. The van der Waals surface area contributed by atoms with Gasteiger partial charge >= 0.3 is 0 Å². The molecule has 25 heavy (non-hydrogen) atoms. The van der Waals surface area contributed by atoms with E-state index in [0.717, 1.165) is 32.7 Å². The highest BCUT2D eigenvalue weighted by Gasteiger charge is 2.21. The van der Waals surface area contributed by atoms with Crippen LogP contribution in [0.25, 0.3) is 0 Å². The predicted octanol–water partition coefficient (Wildman–Crippen LogP) is 1.99. The van der Waals surface area contributed by atoms with Gasteiger partial charge in [-0.15, -0.1) is 0 Å². The highest BCUT2D eigenvalue weighted by Crippen LogP contribution is 2.11. The zero-order valence-electron chi connectivity index (χ0n) is 14.4. The van der Waals surface area contributed by atoms with Crippen LogP contribution in [-0.4, -0.2) is 54.3 Å². The Hall–Kier alpha value is -2.60. The smallest absolute Gasteiger partial charge is 0.253 e. The summed E-state index contributed by atoms with van der Waals surface area (Å²) in [5, 5.41) is 2.80. The molecule has 0 spiro atoms. The monoisotopic (exact) mass is 341 g/mol. The molecule has 1 aromatic heterocycles. The molecule has 2 amide bonds. The van der Waals surface area contributed by atoms with E-state index in [-0.39, 0.29) is 11.8 Å². The molecule has 132 valence electrons. The van der Waals surface area contributed by atoms with Crippen molar-refractivity contribution in [3.05, 3.63) is 59.5 Å². The molecule has 1 aliphatic rings. The maximum absolute atomic E-state index is 12.7. The van der Waals surface area contributed by atoms with Gasteiger partial charge in [0.2, 0.25) is 0 Å². The van der Waals surface area contributed by atoms with Crippen molar-refractivity contribution in [2.24, 2.45) is 0 Å². The van der Waals surface area contributed by atoms with Crippen molar-refractivity contribution in [3.8, 4) is 0 Å². The molecular formula is C19H23N3O3. The second-order valence-corrected chi connectivity index (χ2v) is 6.07. The molecule has 0 atom stereocenters. The first-order valence-corrected chi connectivity index (χ1v) is 8.59. The summed E-state index contributed by atoms with van der Waals surface area (Å²) < 4.78 is 5.20. The molecule has 6 nitrogen and oxygen atoms in total. The molecule has 1 N–H and O–H groups in total. The van der Waals surface area contributed by atoms with Crippen molar-refractivity contribution in [1.29, 1.82) is 0 Å². The third-order valence-electron chi connectivity index (χ3n) is 4.48. The van der Waals surface area contributed by atoms with Gasteiger partial charge in [0.15, 0.2) is 0 Å². The Bertz CT molecular complexity index is 719. The third-order valence-corrected chi connectivity index (χ3v) is 4.48. The van der Waals surface area contributed by atoms with Crippen LogP contribution in [0, 0.1) is 0 Å². The van der Waals surface area contributed by atoms with Crippen molar-refractivity contribution >= 4 is 11.8 Å². The molecule has 0 radical (unpaired) electrons. The molecule has 1 fully saturated rings. The molecule has 1 aromatic carbocycles. The Morgan fingerprint density at radius 3 is 2.52 bits per heavy atom. The molecule has 0 aliphatic carbocycles. The summed E-state index contributed by atoms with van der Waals surface area (Å²) in [6, 6.07) is 10.5. The summed E-state index contributed by atoms with van der Waals surface area (Å²) in [6.45, 7) is 6.69. The minimum Gasteiger partial charge on any atom is -0.467 e. The summed E-state index contributed by atoms with van der Waals surface area (Å²) >= 11 is 0. The number of rotatable bonds is 5. The van der Waals surface area contributed by atoms with Gasteiger partial charge < -0.3 is 19.5 Å². The molecule has 0 bridgehead atoms. The minimum atomic E-state index is -0.221. The van der Waals surface area contributed by atoms with Crippen LogP contribution < -0.4 is 5.32 Å². The molecule has 0 unspecified atom stereocenters. The van der Waals surface area contributed by atoms with Crippen LogP contribution in [0.5, 0.6) is 0 Å². The first-order valence-electron chi connectivity index (χ1n) is 8.59. The summed E-state index contributed by atoms with van der Waals surface area (Å²) in [5.41, 5.74) is 1.03. The van der Waals surface area contributed by atoms with Gasteiger partial charge in [0.1, 0.15) is 5.76 Å².